The van der Waals surface area contributed by atoms with E-state index < -0.39 is 0 Å². The smallest absolute Gasteiger partial charge is 0.236 e. The van der Waals surface area contributed by atoms with E-state index in [1.165, 1.54) is 23.9 Å². The Balaban J connectivity index is 1.54. The Bertz CT molecular complexity index is 1250. The van der Waals surface area contributed by atoms with Crippen LogP contribution in [0.4, 0.5) is 10.2 Å². The first-order valence-corrected chi connectivity index (χ1v) is 12.2. The van der Waals surface area contributed by atoms with Crippen molar-refractivity contribution in [2.75, 3.05) is 17.7 Å². The predicted octanol–water partition coefficient (Wildman–Crippen LogP) is 4.83. The molecule has 1 unspecified atom stereocenters. The average Bonchev–Trinajstić information content (AvgIpc) is 3.48. The third-order valence-corrected chi connectivity index (χ3v) is 7.31. The summed E-state index contributed by atoms with van der Waals surface area (Å²) in [4.78, 5) is 17.6. The topological polar surface area (TPSA) is 84.9 Å². The minimum Gasteiger partial charge on any atom is -0.376 e. The van der Waals surface area contributed by atoms with Crippen LogP contribution in [0.5, 0.6) is 0 Å². The molecular formula is C25H28FN5O2S. The van der Waals surface area contributed by atoms with Gasteiger partial charge in [0.15, 0.2) is 5.16 Å². The Kier molecular flexibility index (Phi) is 7.10. The summed E-state index contributed by atoms with van der Waals surface area (Å²) in [6, 6.07) is 8.17. The van der Waals surface area contributed by atoms with Crippen LogP contribution in [0.25, 0.3) is 5.69 Å². The Labute approximate surface area is 202 Å². The van der Waals surface area contributed by atoms with Gasteiger partial charge in [0.1, 0.15) is 17.7 Å². The summed E-state index contributed by atoms with van der Waals surface area (Å²) in [7, 11) is 0. The number of carbonyl (C=O) groups is 1. The second kappa shape index (κ2) is 10.0. The molecule has 1 aliphatic rings. The number of nitrogens with zero attached hydrogens (tertiary/aromatic N) is 4. The number of nitriles is 1. The van der Waals surface area contributed by atoms with Crippen LogP contribution < -0.4 is 5.32 Å². The zero-order chi connectivity index (χ0) is 24.4. The SMILES string of the molecule is Cc1nc(SCC(=O)Nc2c(C#N)c(C)c(C)n2-c2ccc(F)cc2)n(CC2CCCO2)c1C. The first-order chi connectivity index (χ1) is 16.3. The average molecular weight is 482 g/mol. The largest absolute Gasteiger partial charge is 0.376 e. The number of carbonyl (C=O) groups excluding carboxylic acids is 1. The van der Waals surface area contributed by atoms with Crippen molar-refractivity contribution in [3.63, 3.8) is 0 Å². The standard InChI is InChI=1S/C25H28FN5O2S/c1-15-17(3)31(20-9-7-19(26)8-10-20)24(22(15)12-27)29-23(32)14-34-25-28-16(2)18(4)30(25)13-21-6-5-11-33-21/h7-10,21H,5-6,11,13-14H2,1-4H3,(H,29,32). The zero-order valence-electron chi connectivity index (χ0n) is 19.8. The van der Waals surface area contributed by atoms with Crippen LogP contribution in [0.1, 0.15) is 41.1 Å². The number of halogens is 1. The summed E-state index contributed by atoms with van der Waals surface area (Å²) in [5.74, 6) is -0.0649. The summed E-state index contributed by atoms with van der Waals surface area (Å²) in [6.07, 6.45) is 2.26. The molecule has 3 heterocycles. The number of anilines is 1. The molecule has 4 rings (SSSR count). The van der Waals surface area contributed by atoms with Gasteiger partial charge in [0, 0.05) is 23.7 Å². The lowest BCUT2D eigenvalue weighted by atomic mass is 10.2. The molecule has 0 bridgehead atoms. The van der Waals surface area contributed by atoms with Crippen molar-refractivity contribution in [2.45, 2.75) is 58.3 Å². The molecule has 1 atom stereocenters. The van der Waals surface area contributed by atoms with Crippen LogP contribution in [-0.2, 0) is 16.1 Å². The number of imidazole rings is 1. The number of aryl methyl sites for hydroxylation is 1. The third-order valence-electron chi connectivity index (χ3n) is 6.33. The molecule has 0 aliphatic carbocycles. The molecule has 0 spiro atoms. The molecule has 0 saturated carbocycles. The maximum atomic E-state index is 13.5. The van der Waals surface area contributed by atoms with Crippen molar-refractivity contribution in [1.29, 1.82) is 5.26 Å². The molecule has 0 radical (unpaired) electrons. The maximum absolute atomic E-state index is 13.5. The van der Waals surface area contributed by atoms with Crippen molar-refractivity contribution in [3.05, 3.63) is 58.3 Å². The van der Waals surface area contributed by atoms with Crippen LogP contribution >= 0.6 is 11.8 Å². The fraction of sp³-hybridized carbons (Fsp3) is 0.400. The molecule has 1 saturated heterocycles. The van der Waals surface area contributed by atoms with Gasteiger partial charge in [0.25, 0.3) is 0 Å². The monoisotopic (exact) mass is 481 g/mol. The number of hydrogen-bond donors (Lipinski definition) is 1. The molecule has 7 nitrogen and oxygen atoms in total. The predicted molar refractivity (Wildman–Crippen MR) is 130 cm³/mol. The van der Waals surface area contributed by atoms with E-state index in [4.69, 9.17) is 4.74 Å². The molecule has 2 aromatic heterocycles. The molecule has 1 aromatic carbocycles. The van der Waals surface area contributed by atoms with Crippen molar-refractivity contribution in [1.82, 2.24) is 14.1 Å². The van der Waals surface area contributed by atoms with E-state index in [9.17, 15) is 14.4 Å². The van der Waals surface area contributed by atoms with Crippen LogP contribution in [0, 0.1) is 44.8 Å². The molecule has 1 N–H and O–H groups in total. The fourth-order valence-corrected chi connectivity index (χ4v) is 5.11. The van der Waals surface area contributed by atoms with Gasteiger partial charge >= 0.3 is 0 Å². The second-order valence-electron chi connectivity index (χ2n) is 8.51. The normalized spacial score (nSPS) is 15.5. The summed E-state index contributed by atoms with van der Waals surface area (Å²) in [5.41, 5.74) is 4.65. The second-order valence-corrected chi connectivity index (χ2v) is 9.45. The molecule has 1 amide bonds. The van der Waals surface area contributed by atoms with Gasteiger partial charge in [0.05, 0.1) is 29.7 Å². The molecule has 178 valence electrons. The van der Waals surface area contributed by atoms with Crippen molar-refractivity contribution in [2.24, 2.45) is 0 Å². The number of thioether (sulfide) groups is 1. The third kappa shape index (κ3) is 4.74. The Morgan fingerprint density at radius 2 is 2.00 bits per heavy atom. The van der Waals surface area contributed by atoms with Gasteiger partial charge in [-0.2, -0.15) is 5.26 Å². The Hall–Kier alpha value is -3.09. The number of aromatic nitrogens is 3. The molecule has 34 heavy (non-hydrogen) atoms. The zero-order valence-corrected chi connectivity index (χ0v) is 20.6. The highest BCUT2D eigenvalue weighted by molar-refractivity contribution is 7.99. The summed E-state index contributed by atoms with van der Waals surface area (Å²) in [5, 5.41) is 13.4. The van der Waals surface area contributed by atoms with Crippen LogP contribution in [0.15, 0.2) is 29.4 Å². The fourth-order valence-electron chi connectivity index (χ4n) is 4.21. The van der Waals surface area contributed by atoms with Crippen LogP contribution in [0.3, 0.4) is 0 Å². The van der Waals surface area contributed by atoms with Crippen molar-refractivity contribution < 1.29 is 13.9 Å². The molecule has 1 fully saturated rings. The minimum atomic E-state index is -0.350. The highest BCUT2D eigenvalue weighted by Gasteiger charge is 2.23. The van der Waals surface area contributed by atoms with E-state index >= 15 is 0 Å². The first kappa shape index (κ1) is 24.0. The molecule has 1 aliphatic heterocycles. The van der Waals surface area contributed by atoms with Crippen molar-refractivity contribution >= 4 is 23.5 Å². The van der Waals surface area contributed by atoms with E-state index in [0.717, 1.165) is 53.8 Å². The number of benzene rings is 1. The highest BCUT2D eigenvalue weighted by atomic mass is 32.2. The highest BCUT2D eigenvalue weighted by Crippen LogP contribution is 2.31. The molecular weight excluding hydrogens is 453 g/mol. The van der Waals surface area contributed by atoms with Gasteiger partial charge < -0.3 is 14.6 Å². The van der Waals surface area contributed by atoms with E-state index in [-0.39, 0.29) is 23.6 Å². The first-order valence-electron chi connectivity index (χ1n) is 11.3. The van der Waals surface area contributed by atoms with Gasteiger partial charge in [-0.1, -0.05) is 11.8 Å². The lowest BCUT2D eigenvalue weighted by molar-refractivity contribution is -0.113. The van der Waals surface area contributed by atoms with E-state index in [1.807, 2.05) is 27.7 Å². The number of rotatable bonds is 7. The van der Waals surface area contributed by atoms with E-state index in [2.05, 4.69) is 20.9 Å². The van der Waals surface area contributed by atoms with E-state index in [0.29, 0.717) is 17.1 Å². The van der Waals surface area contributed by atoms with Crippen LogP contribution in [-0.4, -0.2) is 38.5 Å². The Morgan fingerprint density at radius 1 is 1.26 bits per heavy atom. The summed E-state index contributed by atoms with van der Waals surface area (Å²) < 4.78 is 23.2. The summed E-state index contributed by atoms with van der Waals surface area (Å²) >= 11 is 1.36. The lowest BCUT2D eigenvalue weighted by Gasteiger charge is -2.15. The number of ether oxygens (including phenoxy) is 1. The van der Waals surface area contributed by atoms with Crippen molar-refractivity contribution in [3.8, 4) is 11.8 Å². The summed E-state index contributed by atoms with van der Waals surface area (Å²) in [6.45, 7) is 9.22. The van der Waals surface area contributed by atoms with Crippen LogP contribution in [0.2, 0.25) is 0 Å². The quantitative estimate of drug-likeness (QED) is 0.489. The Morgan fingerprint density at radius 3 is 2.65 bits per heavy atom. The minimum absolute atomic E-state index is 0.138. The van der Waals surface area contributed by atoms with Gasteiger partial charge in [-0.3, -0.25) is 9.36 Å². The maximum Gasteiger partial charge on any atom is 0.236 e. The van der Waals surface area contributed by atoms with Gasteiger partial charge in [-0.05, 0) is 70.4 Å². The lowest BCUT2D eigenvalue weighted by Crippen LogP contribution is -2.19. The number of hydrogen-bond acceptors (Lipinski definition) is 5. The van der Waals surface area contributed by atoms with Gasteiger partial charge in [-0.25, -0.2) is 9.37 Å². The van der Waals surface area contributed by atoms with Gasteiger partial charge in [-0.15, -0.1) is 0 Å². The molecule has 3 aromatic rings. The van der Waals surface area contributed by atoms with Gasteiger partial charge in [0.2, 0.25) is 5.91 Å². The van der Waals surface area contributed by atoms with E-state index in [1.54, 1.807) is 16.7 Å². The number of amides is 1. The molecule has 9 heteroatoms. The number of nitrogens with one attached hydrogen (secondary N) is 1.